The molecular weight excluding hydrogens is 240 g/mol. The molecular formula is C9H8N6OS. The lowest BCUT2D eigenvalue weighted by Crippen LogP contribution is -2.18. The molecule has 2 aromatic rings. The van der Waals surface area contributed by atoms with E-state index in [9.17, 15) is 4.79 Å². The van der Waals surface area contributed by atoms with Gasteiger partial charge in [0.25, 0.3) is 5.91 Å². The van der Waals surface area contributed by atoms with E-state index in [1.807, 2.05) is 0 Å². The topological polar surface area (TPSA) is 110 Å². The fourth-order valence-corrected chi connectivity index (χ4v) is 1.32. The number of aromatic nitrogens is 4. The molecule has 17 heavy (non-hydrogen) atoms. The molecule has 0 saturated heterocycles. The summed E-state index contributed by atoms with van der Waals surface area (Å²) < 4.78 is 0. The van der Waals surface area contributed by atoms with Gasteiger partial charge in [-0.1, -0.05) is 12.2 Å². The average molecular weight is 248 g/mol. The van der Waals surface area contributed by atoms with Crippen molar-refractivity contribution in [3.63, 3.8) is 0 Å². The van der Waals surface area contributed by atoms with Crippen molar-refractivity contribution in [3.8, 4) is 0 Å². The SMILES string of the molecule is NC(=S)c1cn[nH]c1NC(=O)c1cnccn1. The Balaban J connectivity index is 2.19. The van der Waals surface area contributed by atoms with Gasteiger partial charge in [-0.3, -0.25) is 14.9 Å². The minimum atomic E-state index is -0.417. The highest BCUT2D eigenvalue weighted by Gasteiger charge is 2.13. The molecule has 2 rings (SSSR count). The van der Waals surface area contributed by atoms with Crippen molar-refractivity contribution in [3.05, 3.63) is 36.0 Å². The van der Waals surface area contributed by atoms with Crippen LogP contribution in [0.25, 0.3) is 0 Å². The van der Waals surface area contributed by atoms with Gasteiger partial charge >= 0.3 is 0 Å². The smallest absolute Gasteiger partial charge is 0.277 e. The van der Waals surface area contributed by atoms with Crippen LogP contribution < -0.4 is 11.1 Å². The number of thiocarbonyl (C=S) groups is 1. The third-order valence-corrected chi connectivity index (χ3v) is 2.16. The molecule has 7 nitrogen and oxygen atoms in total. The normalized spacial score (nSPS) is 9.88. The molecule has 0 aliphatic heterocycles. The van der Waals surface area contributed by atoms with Crippen LogP contribution in [0.3, 0.4) is 0 Å². The highest BCUT2D eigenvalue weighted by atomic mass is 32.1. The number of aromatic amines is 1. The van der Waals surface area contributed by atoms with E-state index in [0.717, 1.165) is 0 Å². The quantitative estimate of drug-likeness (QED) is 0.664. The Hall–Kier alpha value is -2.35. The maximum absolute atomic E-state index is 11.7. The van der Waals surface area contributed by atoms with E-state index in [0.29, 0.717) is 11.4 Å². The van der Waals surface area contributed by atoms with E-state index >= 15 is 0 Å². The fourth-order valence-electron chi connectivity index (χ4n) is 1.16. The lowest BCUT2D eigenvalue weighted by molar-refractivity contribution is 0.102. The van der Waals surface area contributed by atoms with Gasteiger partial charge in [-0.05, 0) is 0 Å². The van der Waals surface area contributed by atoms with Crippen molar-refractivity contribution in [1.29, 1.82) is 0 Å². The number of nitrogens with one attached hydrogen (secondary N) is 2. The van der Waals surface area contributed by atoms with Crippen molar-refractivity contribution in [2.45, 2.75) is 0 Å². The number of H-pyrrole nitrogens is 1. The summed E-state index contributed by atoms with van der Waals surface area (Å²) in [5, 5.41) is 8.90. The molecule has 2 aromatic heterocycles. The van der Waals surface area contributed by atoms with E-state index in [-0.39, 0.29) is 10.7 Å². The average Bonchev–Trinajstić information content (AvgIpc) is 2.78. The number of hydrogen-bond acceptors (Lipinski definition) is 5. The maximum Gasteiger partial charge on any atom is 0.277 e. The van der Waals surface area contributed by atoms with Crippen LogP contribution in [-0.2, 0) is 0 Å². The second kappa shape index (κ2) is 4.66. The zero-order valence-corrected chi connectivity index (χ0v) is 9.36. The predicted octanol–water partition coefficient (Wildman–Crippen LogP) is 0.0862. The van der Waals surface area contributed by atoms with Gasteiger partial charge in [0.1, 0.15) is 16.5 Å². The summed E-state index contributed by atoms with van der Waals surface area (Å²) in [6.07, 6.45) is 5.70. The van der Waals surface area contributed by atoms with Gasteiger partial charge in [-0.2, -0.15) is 5.10 Å². The summed E-state index contributed by atoms with van der Waals surface area (Å²) in [6.45, 7) is 0. The monoisotopic (exact) mass is 248 g/mol. The van der Waals surface area contributed by atoms with Gasteiger partial charge in [0.15, 0.2) is 0 Å². The lowest BCUT2D eigenvalue weighted by atomic mass is 10.3. The van der Waals surface area contributed by atoms with Crippen LogP contribution in [0.4, 0.5) is 5.82 Å². The Morgan fingerprint density at radius 2 is 2.24 bits per heavy atom. The predicted molar refractivity (Wildman–Crippen MR) is 64.5 cm³/mol. The Morgan fingerprint density at radius 1 is 1.41 bits per heavy atom. The first kappa shape index (κ1) is 11.1. The molecule has 8 heteroatoms. The summed E-state index contributed by atoms with van der Waals surface area (Å²) in [5.74, 6) is -0.0759. The van der Waals surface area contributed by atoms with E-state index in [1.54, 1.807) is 0 Å². The Kier molecular flexibility index (Phi) is 3.06. The summed E-state index contributed by atoms with van der Waals surface area (Å²) in [4.78, 5) is 19.5. The second-order valence-corrected chi connectivity index (χ2v) is 3.51. The zero-order valence-electron chi connectivity index (χ0n) is 8.54. The number of hydrogen-bond donors (Lipinski definition) is 3. The van der Waals surface area contributed by atoms with Crippen LogP contribution in [0.15, 0.2) is 24.8 Å². The first-order chi connectivity index (χ1) is 8.18. The number of rotatable bonds is 3. The van der Waals surface area contributed by atoms with Crippen LogP contribution >= 0.6 is 12.2 Å². The molecule has 0 unspecified atom stereocenters. The highest BCUT2D eigenvalue weighted by Crippen LogP contribution is 2.11. The largest absolute Gasteiger partial charge is 0.389 e. The molecule has 0 saturated carbocycles. The number of nitrogens with two attached hydrogens (primary N) is 1. The number of anilines is 1. The Bertz CT molecular complexity index is 552. The van der Waals surface area contributed by atoms with Crippen LogP contribution in [0, 0.1) is 0 Å². The van der Waals surface area contributed by atoms with Gasteiger partial charge in [0.2, 0.25) is 0 Å². The van der Waals surface area contributed by atoms with Gasteiger partial charge in [0.05, 0.1) is 18.0 Å². The van der Waals surface area contributed by atoms with Gasteiger partial charge in [-0.15, -0.1) is 0 Å². The van der Waals surface area contributed by atoms with E-state index in [2.05, 4.69) is 25.5 Å². The molecule has 1 amide bonds. The van der Waals surface area contributed by atoms with Crippen LogP contribution in [-0.4, -0.2) is 31.1 Å². The molecule has 0 atom stereocenters. The maximum atomic E-state index is 11.7. The molecule has 0 fully saturated rings. The lowest BCUT2D eigenvalue weighted by Gasteiger charge is -2.03. The van der Waals surface area contributed by atoms with Crippen molar-refractivity contribution in [2.75, 3.05) is 5.32 Å². The van der Waals surface area contributed by atoms with Gasteiger partial charge < -0.3 is 11.1 Å². The van der Waals surface area contributed by atoms with Crippen LogP contribution in [0.1, 0.15) is 16.1 Å². The zero-order chi connectivity index (χ0) is 12.3. The summed E-state index contributed by atoms with van der Waals surface area (Å²) in [7, 11) is 0. The summed E-state index contributed by atoms with van der Waals surface area (Å²) >= 11 is 4.81. The van der Waals surface area contributed by atoms with Gasteiger partial charge in [0, 0.05) is 12.4 Å². The van der Waals surface area contributed by atoms with Gasteiger partial charge in [-0.25, -0.2) is 4.98 Å². The molecule has 86 valence electrons. The number of carbonyl (C=O) groups is 1. The highest BCUT2D eigenvalue weighted by molar-refractivity contribution is 7.80. The second-order valence-electron chi connectivity index (χ2n) is 3.07. The molecule has 2 heterocycles. The molecule has 0 radical (unpaired) electrons. The van der Waals surface area contributed by atoms with Crippen molar-refractivity contribution >= 4 is 28.9 Å². The fraction of sp³-hybridized carbons (Fsp3) is 0. The number of amides is 1. The van der Waals surface area contributed by atoms with Crippen molar-refractivity contribution in [2.24, 2.45) is 5.73 Å². The molecule has 4 N–H and O–H groups in total. The van der Waals surface area contributed by atoms with Crippen LogP contribution in [0.5, 0.6) is 0 Å². The first-order valence-electron chi connectivity index (χ1n) is 4.59. The molecule has 0 aromatic carbocycles. The molecule has 0 spiro atoms. The van der Waals surface area contributed by atoms with Crippen LogP contribution in [0.2, 0.25) is 0 Å². The van der Waals surface area contributed by atoms with Crippen molar-refractivity contribution in [1.82, 2.24) is 20.2 Å². The minimum Gasteiger partial charge on any atom is -0.389 e. The third-order valence-electron chi connectivity index (χ3n) is 1.94. The summed E-state index contributed by atoms with van der Waals surface area (Å²) in [5.41, 5.74) is 6.13. The Labute approximate surface area is 101 Å². The standard InChI is InChI=1S/C9H8N6OS/c10-7(17)5-3-13-15-8(5)14-9(16)6-4-11-1-2-12-6/h1-4H,(H2,10,17)(H2,13,14,15,16). The van der Waals surface area contributed by atoms with Crippen molar-refractivity contribution < 1.29 is 4.79 Å². The third kappa shape index (κ3) is 2.42. The number of carbonyl (C=O) groups excluding carboxylic acids is 1. The van der Waals surface area contributed by atoms with E-state index in [1.165, 1.54) is 24.8 Å². The molecule has 0 aliphatic rings. The summed E-state index contributed by atoms with van der Waals surface area (Å²) in [6, 6.07) is 0. The molecule has 0 aliphatic carbocycles. The Morgan fingerprint density at radius 3 is 2.88 bits per heavy atom. The van der Waals surface area contributed by atoms with E-state index < -0.39 is 5.91 Å². The number of nitrogens with zero attached hydrogens (tertiary/aromatic N) is 3. The van der Waals surface area contributed by atoms with E-state index in [4.69, 9.17) is 18.0 Å². The first-order valence-corrected chi connectivity index (χ1v) is 5.00. The molecule has 0 bridgehead atoms. The minimum absolute atomic E-state index is 0.146.